The van der Waals surface area contributed by atoms with Crippen molar-refractivity contribution < 1.29 is 4.79 Å². The van der Waals surface area contributed by atoms with Gasteiger partial charge < -0.3 is 5.32 Å². The number of amides is 1. The Kier molecular flexibility index (Phi) is 6.01. The third-order valence-corrected chi connectivity index (χ3v) is 6.46. The summed E-state index contributed by atoms with van der Waals surface area (Å²) in [5.41, 5.74) is 2.83. The lowest BCUT2D eigenvalue weighted by Crippen LogP contribution is -2.57. The van der Waals surface area contributed by atoms with Crippen LogP contribution < -0.4 is 5.32 Å². The minimum atomic E-state index is -0.106. The SMILES string of the molecule is CCC1CCC(C)(C(NC(=O)c2ccccc2C)c2ccccc2)N(C)C1. The van der Waals surface area contributed by atoms with Crippen LogP contribution in [0.5, 0.6) is 0 Å². The molecule has 0 aliphatic carbocycles. The number of nitrogens with zero attached hydrogens (tertiary/aromatic N) is 1. The zero-order chi connectivity index (χ0) is 19.4. The molecule has 2 aromatic rings. The summed E-state index contributed by atoms with van der Waals surface area (Å²) in [6.45, 7) is 7.65. The molecule has 3 heteroatoms. The van der Waals surface area contributed by atoms with E-state index >= 15 is 0 Å². The van der Waals surface area contributed by atoms with Gasteiger partial charge in [0.2, 0.25) is 0 Å². The monoisotopic (exact) mass is 364 g/mol. The number of hydrogen-bond donors (Lipinski definition) is 1. The zero-order valence-electron chi connectivity index (χ0n) is 17.0. The van der Waals surface area contributed by atoms with Crippen LogP contribution in [-0.4, -0.2) is 29.9 Å². The Labute approximate surface area is 163 Å². The highest BCUT2D eigenvalue weighted by Crippen LogP contribution is 2.40. The third-order valence-electron chi connectivity index (χ3n) is 6.46. The van der Waals surface area contributed by atoms with Crippen molar-refractivity contribution in [3.8, 4) is 0 Å². The van der Waals surface area contributed by atoms with E-state index in [2.05, 4.69) is 55.4 Å². The number of benzene rings is 2. The first-order valence-corrected chi connectivity index (χ1v) is 10.1. The molecule has 0 bridgehead atoms. The number of rotatable bonds is 5. The number of carbonyl (C=O) groups excluding carboxylic acids is 1. The van der Waals surface area contributed by atoms with E-state index in [0.717, 1.165) is 30.0 Å². The van der Waals surface area contributed by atoms with E-state index in [0.29, 0.717) is 0 Å². The third kappa shape index (κ3) is 4.08. The van der Waals surface area contributed by atoms with Crippen LogP contribution in [0.3, 0.4) is 0 Å². The molecule has 1 aliphatic heterocycles. The number of carbonyl (C=O) groups is 1. The molecule has 1 N–H and O–H groups in total. The molecule has 1 heterocycles. The largest absolute Gasteiger partial charge is 0.343 e. The summed E-state index contributed by atoms with van der Waals surface area (Å²) in [7, 11) is 2.21. The Morgan fingerprint density at radius 3 is 2.48 bits per heavy atom. The molecule has 0 radical (unpaired) electrons. The summed E-state index contributed by atoms with van der Waals surface area (Å²) in [6.07, 6.45) is 3.50. The van der Waals surface area contributed by atoms with E-state index in [9.17, 15) is 4.79 Å². The van der Waals surface area contributed by atoms with E-state index < -0.39 is 0 Å². The highest BCUT2D eigenvalue weighted by atomic mass is 16.1. The number of nitrogens with one attached hydrogen (secondary N) is 1. The van der Waals surface area contributed by atoms with E-state index in [1.54, 1.807) is 0 Å². The van der Waals surface area contributed by atoms with Gasteiger partial charge in [0.25, 0.3) is 5.91 Å². The summed E-state index contributed by atoms with van der Waals surface area (Å²) < 4.78 is 0. The Bertz CT molecular complexity index is 773. The van der Waals surface area contributed by atoms with Gasteiger partial charge in [-0.15, -0.1) is 0 Å². The number of likely N-dealkylation sites (tertiary alicyclic amines) is 1. The Hall–Kier alpha value is -2.13. The molecule has 0 saturated carbocycles. The van der Waals surface area contributed by atoms with Gasteiger partial charge in [0.1, 0.15) is 0 Å². The van der Waals surface area contributed by atoms with Crippen molar-refractivity contribution in [1.29, 1.82) is 0 Å². The predicted molar refractivity (Wildman–Crippen MR) is 112 cm³/mol. The molecule has 3 nitrogen and oxygen atoms in total. The maximum absolute atomic E-state index is 13.1. The van der Waals surface area contributed by atoms with Gasteiger partial charge in [0.05, 0.1) is 6.04 Å². The molecule has 0 aromatic heterocycles. The predicted octanol–water partition coefficient (Wildman–Crippen LogP) is 4.98. The van der Waals surface area contributed by atoms with E-state index in [1.165, 1.54) is 18.4 Å². The summed E-state index contributed by atoms with van der Waals surface area (Å²) in [4.78, 5) is 15.6. The van der Waals surface area contributed by atoms with Crippen LogP contribution in [0, 0.1) is 12.8 Å². The first kappa shape index (κ1) is 19.6. The fourth-order valence-electron chi connectivity index (χ4n) is 4.35. The van der Waals surface area contributed by atoms with Crippen molar-refractivity contribution >= 4 is 5.91 Å². The highest BCUT2D eigenvalue weighted by molar-refractivity contribution is 5.95. The van der Waals surface area contributed by atoms with Gasteiger partial charge in [-0.1, -0.05) is 61.9 Å². The van der Waals surface area contributed by atoms with Gasteiger partial charge in [0, 0.05) is 17.6 Å². The number of piperidine rings is 1. The molecule has 2 aromatic carbocycles. The van der Waals surface area contributed by atoms with Gasteiger partial charge in [-0.2, -0.15) is 0 Å². The average molecular weight is 365 g/mol. The molecule has 0 spiro atoms. The summed E-state index contributed by atoms with van der Waals surface area (Å²) in [6, 6.07) is 18.2. The lowest BCUT2D eigenvalue weighted by molar-refractivity contribution is 0.0229. The Morgan fingerprint density at radius 1 is 1.19 bits per heavy atom. The van der Waals surface area contributed by atoms with Crippen molar-refractivity contribution in [3.63, 3.8) is 0 Å². The van der Waals surface area contributed by atoms with Crippen molar-refractivity contribution in [2.24, 2.45) is 5.92 Å². The zero-order valence-corrected chi connectivity index (χ0v) is 17.0. The smallest absolute Gasteiger partial charge is 0.252 e. The van der Waals surface area contributed by atoms with Gasteiger partial charge in [-0.05, 0) is 56.8 Å². The van der Waals surface area contributed by atoms with Crippen LogP contribution in [0.1, 0.15) is 60.6 Å². The summed E-state index contributed by atoms with van der Waals surface area (Å²) >= 11 is 0. The molecular weight excluding hydrogens is 332 g/mol. The van der Waals surface area contributed by atoms with Crippen LogP contribution in [0.15, 0.2) is 54.6 Å². The first-order chi connectivity index (χ1) is 13.0. The van der Waals surface area contributed by atoms with Gasteiger partial charge in [-0.3, -0.25) is 9.69 Å². The maximum atomic E-state index is 13.1. The van der Waals surface area contributed by atoms with Crippen LogP contribution in [0.25, 0.3) is 0 Å². The maximum Gasteiger partial charge on any atom is 0.252 e. The van der Waals surface area contributed by atoms with Crippen LogP contribution in [0.4, 0.5) is 0 Å². The normalized spacial score (nSPS) is 24.4. The van der Waals surface area contributed by atoms with Crippen molar-refractivity contribution in [1.82, 2.24) is 10.2 Å². The van der Waals surface area contributed by atoms with Gasteiger partial charge in [-0.25, -0.2) is 0 Å². The van der Waals surface area contributed by atoms with Gasteiger partial charge >= 0.3 is 0 Å². The van der Waals surface area contributed by atoms with Crippen molar-refractivity contribution in [3.05, 3.63) is 71.3 Å². The van der Waals surface area contributed by atoms with E-state index in [1.807, 2.05) is 37.3 Å². The lowest BCUT2D eigenvalue weighted by atomic mass is 9.75. The minimum absolute atomic E-state index is 0.00851. The number of aryl methyl sites for hydroxylation is 1. The van der Waals surface area contributed by atoms with Crippen molar-refractivity contribution in [2.75, 3.05) is 13.6 Å². The molecular formula is C24H32N2O. The molecule has 3 rings (SSSR count). The number of hydrogen-bond acceptors (Lipinski definition) is 2. The molecule has 144 valence electrons. The highest BCUT2D eigenvalue weighted by Gasteiger charge is 2.43. The molecule has 1 saturated heterocycles. The summed E-state index contributed by atoms with van der Waals surface area (Å²) in [5, 5.41) is 3.38. The Balaban J connectivity index is 1.93. The molecule has 1 aliphatic rings. The fraction of sp³-hybridized carbons (Fsp3) is 0.458. The molecule has 1 amide bonds. The summed E-state index contributed by atoms with van der Waals surface area (Å²) in [5.74, 6) is 0.751. The second-order valence-electron chi connectivity index (χ2n) is 8.18. The molecule has 3 atom stereocenters. The molecule has 3 unspecified atom stereocenters. The molecule has 27 heavy (non-hydrogen) atoms. The second-order valence-corrected chi connectivity index (χ2v) is 8.18. The second kappa shape index (κ2) is 8.26. The van der Waals surface area contributed by atoms with Crippen LogP contribution in [-0.2, 0) is 0 Å². The average Bonchev–Trinajstić information content (AvgIpc) is 2.69. The van der Waals surface area contributed by atoms with Crippen molar-refractivity contribution in [2.45, 2.75) is 51.6 Å². The quantitative estimate of drug-likeness (QED) is 0.812. The first-order valence-electron chi connectivity index (χ1n) is 10.1. The van der Waals surface area contributed by atoms with E-state index in [4.69, 9.17) is 0 Å². The van der Waals surface area contributed by atoms with Crippen LogP contribution >= 0.6 is 0 Å². The number of likely N-dealkylation sites (N-methyl/N-ethyl adjacent to an activating group) is 1. The lowest BCUT2D eigenvalue weighted by Gasteiger charge is -2.50. The van der Waals surface area contributed by atoms with Gasteiger partial charge in [0.15, 0.2) is 0 Å². The minimum Gasteiger partial charge on any atom is -0.343 e. The topological polar surface area (TPSA) is 32.3 Å². The van der Waals surface area contributed by atoms with Crippen LogP contribution in [0.2, 0.25) is 0 Å². The standard InChI is InChI=1S/C24H32N2O/c1-5-19-15-16-24(3,26(4)17-19)22(20-12-7-6-8-13-20)25-23(27)21-14-10-9-11-18(21)2/h6-14,19,22H,5,15-17H2,1-4H3,(H,25,27). The Morgan fingerprint density at radius 2 is 1.85 bits per heavy atom. The molecule has 1 fully saturated rings. The fourth-order valence-corrected chi connectivity index (χ4v) is 4.35. The van der Waals surface area contributed by atoms with E-state index in [-0.39, 0.29) is 17.5 Å².